The Morgan fingerprint density at radius 3 is 2.96 bits per heavy atom. The summed E-state index contributed by atoms with van der Waals surface area (Å²) in [7, 11) is 0. The summed E-state index contributed by atoms with van der Waals surface area (Å²) >= 11 is 0. The van der Waals surface area contributed by atoms with E-state index in [4.69, 9.17) is 4.74 Å². The van der Waals surface area contributed by atoms with Crippen LogP contribution >= 0.6 is 0 Å². The van der Waals surface area contributed by atoms with E-state index >= 15 is 0 Å². The van der Waals surface area contributed by atoms with Gasteiger partial charge in [-0.3, -0.25) is 4.90 Å². The second kappa shape index (κ2) is 7.38. The van der Waals surface area contributed by atoms with E-state index in [0.29, 0.717) is 5.69 Å². The maximum atomic E-state index is 9.35. The maximum absolute atomic E-state index is 9.35. The number of hydrogen-bond donors (Lipinski definition) is 0. The molecule has 1 aliphatic carbocycles. The fraction of sp³-hybridized carbons (Fsp3) is 0.636. The number of piperidine rings is 1. The Hall–Kier alpha value is -2.10. The Bertz CT molecular complexity index is 887. The van der Waals surface area contributed by atoms with E-state index in [1.54, 1.807) is 10.7 Å². The van der Waals surface area contributed by atoms with Gasteiger partial charge >= 0.3 is 0 Å². The number of anilines is 1. The molecule has 2 aliphatic heterocycles. The summed E-state index contributed by atoms with van der Waals surface area (Å²) in [6, 6.07) is 8.95. The number of pyridine rings is 1. The predicted molar refractivity (Wildman–Crippen MR) is 108 cm³/mol. The van der Waals surface area contributed by atoms with Crippen LogP contribution in [0.15, 0.2) is 24.4 Å². The zero-order valence-electron chi connectivity index (χ0n) is 16.6. The van der Waals surface area contributed by atoms with Gasteiger partial charge in [-0.05, 0) is 63.3 Å². The van der Waals surface area contributed by atoms with Crippen LogP contribution < -0.4 is 4.90 Å². The first-order valence-corrected chi connectivity index (χ1v) is 10.7. The fourth-order valence-corrected chi connectivity index (χ4v) is 5.74. The molecule has 4 atom stereocenters. The van der Waals surface area contributed by atoms with Crippen LogP contribution in [0, 0.1) is 17.2 Å². The van der Waals surface area contributed by atoms with Crippen molar-refractivity contribution >= 4 is 11.2 Å². The van der Waals surface area contributed by atoms with E-state index in [-0.39, 0.29) is 12.2 Å². The highest BCUT2D eigenvalue weighted by molar-refractivity contribution is 5.74. The molecule has 0 amide bonds. The second-order valence-corrected chi connectivity index (χ2v) is 8.71. The van der Waals surface area contributed by atoms with Crippen LogP contribution in [0.2, 0.25) is 0 Å². The molecule has 6 heteroatoms. The van der Waals surface area contributed by atoms with E-state index in [0.717, 1.165) is 42.8 Å². The van der Waals surface area contributed by atoms with Gasteiger partial charge in [0.15, 0.2) is 0 Å². The van der Waals surface area contributed by atoms with Crippen LogP contribution in [0.3, 0.4) is 0 Å². The normalized spacial score (nSPS) is 31.1. The summed E-state index contributed by atoms with van der Waals surface area (Å²) in [5, 5.41) is 13.7. The molecule has 148 valence electrons. The molecule has 2 saturated heterocycles. The summed E-state index contributed by atoms with van der Waals surface area (Å²) in [6.45, 7) is 6.19. The number of likely N-dealkylation sites (tertiary alicyclic amines) is 1. The van der Waals surface area contributed by atoms with Gasteiger partial charge in [0.05, 0.1) is 29.6 Å². The quantitative estimate of drug-likeness (QED) is 0.820. The molecule has 0 N–H and O–H groups in total. The summed E-state index contributed by atoms with van der Waals surface area (Å²) < 4.78 is 8.12. The Balaban J connectivity index is 1.36. The average molecular weight is 380 g/mol. The first kappa shape index (κ1) is 18.0. The Morgan fingerprint density at radius 1 is 1.18 bits per heavy atom. The summed E-state index contributed by atoms with van der Waals surface area (Å²) in [6.07, 6.45) is 9.11. The first-order chi connectivity index (χ1) is 13.7. The van der Waals surface area contributed by atoms with Gasteiger partial charge in [0.1, 0.15) is 11.8 Å². The lowest BCUT2D eigenvalue weighted by molar-refractivity contribution is -0.0454. The number of morpholine rings is 1. The molecule has 28 heavy (non-hydrogen) atoms. The van der Waals surface area contributed by atoms with Crippen molar-refractivity contribution in [2.24, 2.45) is 5.92 Å². The van der Waals surface area contributed by atoms with Crippen molar-refractivity contribution in [3.8, 4) is 6.07 Å². The topological polar surface area (TPSA) is 56.8 Å². The molecule has 3 aliphatic rings. The van der Waals surface area contributed by atoms with Gasteiger partial charge in [0.2, 0.25) is 0 Å². The second-order valence-electron chi connectivity index (χ2n) is 8.71. The number of nitriles is 1. The number of fused-ring (bicyclic) bond motifs is 2. The van der Waals surface area contributed by atoms with Crippen molar-refractivity contribution in [1.29, 1.82) is 5.26 Å². The minimum absolute atomic E-state index is 0.196. The van der Waals surface area contributed by atoms with E-state index in [9.17, 15) is 5.26 Å². The van der Waals surface area contributed by atoms with Gasteiger partial charge < -0.3 is 9.64 Å². The molecule has 0 bridgehead atoms. The number of aromatic nitrogens is 2. The van der Waals surface area contributed by atoms with Gasteiger partial charge in [-0.25, -0.2) is 4.52 Å². The molecule has 3 fully saturated rings. The first-order valence-electron chi connectivity index (χ1n) is 10.7. The van der Waals surface area contributed by atoms with Crippen molar-refractivity contribution < 1.29 is 4.74 Å². The number of ether oxygens (including phenoxy) is 1. The zero-order chi connectivity index (χ0) is 19.1. The van der Waals surface area contributed by atoms with E-state index < -0.39 is 0 Å². The number of hydrogen-bond acceptors (Lipinski definition) is 5. The molecule has 6 nitrogen and oxygen atoms in total. The van der Waals surface area contributed by atoms with Crippen molar-refractivity contribution in [2.75, 3.05) is 31.1 Å². The lowest BCUT2D eigenvalue weighted by Gasteiger charge is -2.43. The fourth-order valence-electron chi connectivity index (χ4n) is 5.74. The van der Waals surface area contributed by atoms with Crippen LogP contribution in [0.5, 0.6) is 0 Å². The molecule has 2 aromatic rings. The summed E-state index contributed by atoms with van der Waals surface area (Å²) in [4.78, 5) is 5.14. The third-order valence-electron chi connectivity index (χ3n) is 6.86. The Labute approximate surface area is 166 Å². The molecule has 0 spiro atoms. The van der Waals surface area contributed by atoms with Crippen LogP contribution in [-0.4, -0.2) is 58.9 Å². The van der Waals surface area contributed by atoms with Gasteiger partial charge in [-0.1, -0.05) is 6.42 Å². The average Bonchev–Trinajstić information content (AvgIpc) is 3.36. The van der Waals surface area contributed by atoms with Crippen LogP contribution in [0.1, 0.15) is 44.7 Å². The highest BCUT2D eigenvalue weighted by Gasteiger charge is 2.37. The maximum Gasteiger partial charge on any atom is 0.142 e. The van der Waals surface area contributed by atoms with Gasteiger partial charge in [0.25, 0.3) is 0 Å². The summed E-state index contributed by atoms with van der Waals surface area (Å²) in [5.74, 6) is 0.913. The van der Waals surface area contributed by atoms with Crippen molar-refractivity contribution in [3.63, 3.8) is 0 Å². The third kappa shape index (κ3) is 3.17. The van der Waals surface area contributed by atoms with Crippen molar-refractivity contribution in [1.82, 2.24) is 14.5 Å². The van der Waals surface area contributed by atoms with Crippen LogP contribution in [0.4, 0.5) is 5.69 Å². The molecular formula is C22H29N5O. The minimum atomic E-state index is 0.196. The predicted octanol–water partition coefficient (Wildman–Crippen LogP) is 3.06. The lowest BCUT2D eigenvalue weighted by atomic mass is 9.91. The number of rotatable bonds is 3. The molecule has 4 heterocycles. The van der Waals surface area contributed by atoms with Gasteiger partial charge in [0, 0.05) is 25.7 Å². The van der Waals surface area contributed by atoms with Crippen LogP contribution in [-0.2, 0) is 4.74 Å². The lowest BCUT2D eigenvalue weighted by Crippen LogP contribution is -2.54. The smallest absolute Gasteiger partial charge is 0.142 e. The molecule has 5 rings (SSSR count). The number of nitrogens with zero attached hydrogens (tertiary/aromatic N) is 5. The molecule has 2 unspecified atom stereocenters. The molecule has 1 saturated carbocycles. The van der Waals surface area contributed by atoms with Crippen molar-refractivity contribution in [2.45, 2.75) is 57.3 Å². The van der Waals surface area contributed by atoms with E-state index in [1.807, 2.05) is 12.1 Å². The SMILES string of the molecule is C[C@@H]1CN(c2ccc(C#N)n3nccc23)C[C@H](CN2CCCC3CCCC32)O1. The minimum Gasteiger partial charge on any atom is -0.370 e. The van der Waals surface area contributed by atoms with E-state index in [1.165, 1.54) is 38.6 Å². The van der Waals surface area contributed by atoms with Gasteiger partial charge in [-0.15, -0.1) is 0 Å². The Morgan fingerprint density at radius 2 is 2.07 bits per heavy atom. The third-order valence-corrected chi connectivity index (χ3v) is 6.86. The van der Waals surface area contributed by atoms with E-state index in [2.05, 4.69) is 34.0 Å². The Kier molecular flexibility index (Phi) is 4.73. The molecule has 2 aromatic heterocycles. The molecule has 0 aromatic carbocycles. The monoisotopic (exact) mass is 379 g/mol. The van der Waals surface area contributed by atoms with Crippen molar-refractivity contribution in [3.05, 3.63) is 30.1 Å². The standard InChI is InChI=1S/C22H29N5O/c1-16-13-26(21-8-7-18(12-23)27-22(21)9-10-24-27)15-19(28-16)14-25-11-3-5-17-4-2-6-20(17)25/h7-10,16-17,19-20H,2-6,11,13-15H2,1H3/t16-,17?,19+,20?/m1/s1. The molecular weight excluding hydrogens is 350 g/mol. The van der Waals surface area contributed by atoms with Gasteiger partial charge in [-0.2, -0.15) is 10.4 Å². The highest BCUT2D eigenvalue weighted by atomic mass is 16.5. The highest BCUT2D eigenvalue weighted by Crippen LogP contribution is 2.37. The summed E-state index contributed by atoms with van der Waals surface area (Å²) in [5.41, 5.74) is 2.72. The largest absolute Gasteiger partial charge is 0.370 e. The zero-order valence-corrected chi connectivity index (χ0v) is 16.6. The van der Waals surface area contributed by atoms with Crippen LogP contribution in [0.25, 0.3) is 5.52 Å². The molecule has 0 radical (unpaired) electrons.